The number of rotatable bonds is 2. The Balaban J connectivity index is 2.26. The first-order valence-corrected chi connectivity index (χ1v) is 4.53. The second-order valence-electron chi connectivity index (χ2n) is 3.54. The van der Waals surface area contributed by atoms with Crippen LogP contribution in [0, 0.1) is 11.5 Å². The van der Waals surface area contributed by atoms with Crippen molar-refractivity contribution in [2.45, 2.75) is 38.8 Å². The van der Waals surface area contributed by atoms with E-state index >= 15 is 0 Å². The fraction of sp³-hybridized carbons (Fsp3) is 0.889. The van der Waals surface area contributed by atoms with Crippen molar-refractivity contribution < 1.29 is 4.74 Å². The van der Waals surface area contributed by atoms with E-state index in [0.717, 1.165) is 25.9 Å². The highest BCUT2D eigenvalue weighted by Gasteiger charge is 2.21. The zero-order valence-corrected chi connectivity index (χ0v) is 7.79. The van der Waals surface area contributed by atoms with E-state index < -0.39 is 0 Å². The summed E-state index contributed by atoms with van der Waals surface area (Å²) in [5.41, 5.74) is 0. The van der Waals surface area contributed by atoms with Crippen LogP contribution >= 0.6 is 0 Å². The molecule has 1 aliphatic rings. The molecule has 3 nitrogen and oxygen atoms in total. The lowest BCUT2D eigenvalue weighted by atomic mass is 10.1. The highest BCUT2D eigenvalue weighted by molar-refractivity contribution is 4.76. The molecule has 0 aromatic carbocycles. The van der Waals surface area contributed by atoms with E-state index in [1.807, 2.05) is 0 Å². The summed E-state index contributed by atoms with van der Waals surface area (Å²) in [6.07, 6.45) is 3.92. The average Bonchev–Trinajstić information content (AvgIpc) is 2.06. The summed E-state index contributed by atoms with van der Waals surface area (Å²) in [6.45, 7) is 6.52. The molecule has 0 aromatic heterocycles. The van der Waals surface area contributed by atoms with Crippen LogP contribution in [-0.4, -0.2) is 30.1 Å². The van der Waals surface area contributed by atoms with Crippen LogP contribution in [-0.2, 0) is 4.74 Å². The van der Waals surface area contributed by atoms with Gasteiger partial charge in [-0.1, -0.05) is 0 Å². The second kappa shape index (κ2) is 4.32. The van der Waals surface area contributed by atoms with Crippen molar-refractivity contribution >= 4 is 0 Å². The minimum absolute atomic E-state index is 0.171. The smallest absolute Gasteiger partial charge is 0.286 e. The van der Waals surface area contributed by atoms with Crippen LogP contribution in [0.3, 0.4) is 0 Å². The zero-order chi connectivity index (χ0) is 8.97. The molecule has 0 amide bonds. The maximum absolute atomic E-state index is 8.31. The molecule has 12 heavy (non-hydrogen) atoms. The molecular formula is C9H16N2O. The van der Waals surface area contributed by atoms with Gasteiger partial charge in [-0.15, -0.1) is 0 Å². The lowest BCUT2D eigenvalue weighted by Gasteiger charge is -2.33. The Bertz CT molecular complexity index is 166. The van der Waals surface area contributed by atoms with Crippen molar-refractivity contribution in [3.8, 4) is 6.26 Å². The quantitative estimate of drug-likeness (QED) is 0.584. The van der Waals surface area contributed by atoms with E-state index in [9.17, 15) is 0 Å². The lowest BCUT2D eigenvalue weighted by Crippen LogP contribution is -2.40. The number of piperidine rings is 1. The van der Waals surface area contributed by atoms with Gasteiger partial charge in [-0.2, -0.15) is 5.26 Å². The highest BCUT2D eigenvalue weighted by atomic mass is 16.5. The Kier molecular flexibility index (Phi) is 3.36. The van der Waals surface area contributed by atoms with Gasteiger partial charge in [0.1, 0.15) is 6.10 Å². The maximum Gasteiger partial charge on any atom is 0.286 e. The largest absolute Gasteiger partial charge is 0.424 e. The SMILES string of the molecule is CC(C)N1CCC(OC#N)CC1. The van der Waals surface area contributed by atoms with Gasteiger partial charge in [0.25, 0.3) is 6.26 Å². The molecule has 0 unspecified atom stereocenters. The summed E-state index contributed by atoms with van der Waals surface area (Å²) in [6, 6.07) is 0.619. The van der Waals surface area contributed by atoms with E-state index in [-0.39, 0.29) is 6.10 Å². The first-order valence-electron chi connectivity index (χ1n) is 4.53. The van der Waals surface area contributed by atoms with Crippen molar-refractivity contribution in [1.29, 1.82) is 5.26 Å². The minimum atomic E-state index is 0.171. The van der Waals surface area contributed by atoms with Gasteiger partial charge in [0, 0.05) is 19.1 Å². The van der Waals surface area contributed by atoms with E-state index in [1.165, 1.54) is 0 Å². The summed E-state index contributed by atoms with van der Waals surface area (Å²) in [4.78, 5) is 2.41. The van der Waals surface area contributed by atoms with Crippen LogP contribution in [0.15, 0.2) is 0 Å². The number of hydrogen-bond acceptors (Lipinski definition) is 3. The Hall–Kier alpha value is -0.750. The molecule has 1 fully saturated rings. The Morgan fingerprint density at radius 3 is 2.42 bits per heavy atom. The zero-order valence-electron chi connectivity index (χ0n) is 7.79. The standard InChI is InChI=1S/C9H16N2O/c1-8(2)11-5-3-9(4-6-11)12-7-10/h8-9H,3-6H2,1-2H3. The maximum atomic E-state index is 8.31. The van der Waals surface area contributed by atoms with Gasteiger partial charge in [-0.25, -0.2) is 0 Å². The summed E-state index contributed by atoms with van der Waals surface area (Å²) in [5.74, 6) is 0. The van der Waals surface area contributed by atoms with Crippen LogP contribution in [0.4, 0.5) is 0 Å². The van der Waals surface area contributed by atoms with Crippen molar-refractivity contribution in [3.63, 3.8) is 0 Å². The molecule has 3 heteroatoms. The van der Waals surface area contributed by atoms with E-state index in [0.29, 0.717) is 6.04 Å². The van der Waals surface area contributed by atoms with Crippen LogP contribution in [0.5, 0.6) is 0 Å². The van der Waals surface area contributed by atoms with Gasteiger partial charge in [-0.05, 0) is 26.7 Å². The van der Waals surface area contributed by atoms with Crippen LogP contribution in [0.1, 0.15) is 26.7 Å². The van der Waals surface area contributed by atoms with Gasteiger partial charge < -0.3 is 9.64 Å². The predicted octanol–water partition coefficient (Wildman–Crippen LogP) is 1.36. The number of likely N-dealkylation sites (tertiary alicyclic amines) is 1. The molecule has 1 aliphatic heterocycles. The van der Waals surface area contributed by atoms with E-state index in [4.69, 9.17) is 10.00 Å². The number of nitrogens with zero attached hydrogens (tertiary/aromatic N) is 2. The van der Waals surface area contributed by atoms with Gasteiger partial charge in [-0.3, -0.25) is 0 Å². The summed E-state index contributed by atoms with van der Waals surface area (Å²) in [7, 11) is 0. The monoisotopic (exact) mass is 168 g/mol. The van der Waals surface area contributed by atoms with Crippen molar-refractivity contribution in [2.24, 2.45) is 0 Å². The predicted molar refractivity (Wildman–Crippen MR) is 46.4 cm³/mol. The Labute approximate surface area is 73.9 Å². The molecule has 0 atom stereocenters. The summed E-state index contributed by atoms with van der Waals surface area (Å²) < 4.78 is 4.89. The molecule has 0 radical (unpaired) electrons. The topological polar surface area (TPSA) is 36.3 Å². The van der Waals surface area contributed by atoms with Crippen molar-refractivity contribution in [3.05, 3.63) is 0 Å². The molecule has 0 spiro atoms. The molecule has 68 valence electrons. The van der Waals surface area contributed by atoms with Crippen LogP contribution in [0.25, 0.3) is 0 Å². The minimum Gasteiger partial charge on any atom is -0.424 e. The third kappa shape index (κ3) is 2.38. The van der Waals surface area contributed by atoms with Gasteiger partial charge in [0.15, 0.2) is 0 Å². The van der Waals surface area contributed by atoms with E-state index in [2.05, 4.69) is 18.7 Å². The lowest BCUT2D eigenvalue weighted by molar-refractivity contribution is 0.0641. The number of nitriles is 1. The van der Waals surface area contributed by atoms with Crippen LogP contribution < -0.4 is 0 Å². The molecule has 0 aliphatic carbocycles. The van der Waals surface area contributed by atoms with Crippen molar-refractivity contribution in [2.75, 3.05) is 13.1 Å². The van der Waals surface area contributed by atoms with Gasteiger partial charge in [0.2, 0.25) is 0 Å². The molecule has 1 heterocycles. The van der Waals surface area contributed by atoms with Crippen molar-refractivity contribution in [1.82, 2.24) is 4.90 Å². The molecule has 1 saturated heterocycles. The fourth-order valence-corrected chi connectivity index (χ4v) is 1.58. The molecule has 0 aromatic rings. The van der Waals surface area contributed by atoms with E-state index in [1.54, 1.807) is 6.26 Å². The average molecular weight is 168 g/mol. The fourth-order valence-electron chi connectivity index (χ4n) is 1.58. The van der Waals surface area contributed by atoms with Gasteiger partial charge >= 0.3 is 0 Å². The normalized spacial score (nSPS) is 20.8. The molecule has 0 N–H and O–H groups in total. The molecule has 1 rings (SSSR count). The van der Waals surface area contributed by atoms with Crippen LogP contribution in [0.2, 0.25) is 0 Å². The third-order valence-corrected chi connectivity index (χ3v) is 2.43. The van der Waals surface area contributed by atoms with Gasteiger partial charge in [0.05, 0.1) is 0 Å². The first kappa shape index (κ1) is 9.34. The summed E-state index contributed by atoms with van der Waals surface area (Å²) in [5, 5.41) is 8.31. The summed E-state index contributed by atoms with van der Waals surface area (Å²) >= 11 is 0. The molecule has 0 saturated carbocycles. The first-order chi connectivity index (χ1) is 5.74. The number of hydrogen-bond donors (Lipinski definition) is 0. The highest BCUT2D eigenvalue weighted by Crippen LogP contribution is 2.14. The molecular weight excluding hydrogens is 152 g/mol. The molecule has 0 bridgehead atoms. The second-order valence-corrected chi connectivity index (χ2v) is 3.54. The Morgan fingerprint density at radius 1 is 1.42 bits per heavy atom. The Morgan fingerprint density at radius 2 is 2.00 bits per heavy atom. The third-order valence-electron chi connectivity index (χ3n) is 2.43. The number of ether oxygens (including phenoxy) is 1.